The van der Waals surface area contributed by atoms with Crippen LogP contribution in [0.1, 0.15) is 182 Å². The first-order valence-corrected chi connectivity index (χ1v) is 19.7. The summed E-state index contributed by atoms with van der Waals surface area (Å²) in [5.41, 5.74) is 0. The molecule has 0 unspecified atom stereocenters. The molecule has 0 fully saturated rings. The number of halogens is 1. The summed E-state index contributed by atoms with van der Waals surface area (Å²) in [6, 6.07) is 0. The molecule has 0 amide bonds. The van der Waals surface area contributed by atoms with E-state index in [2.05, 4.69) is 34.6 Å². The topological polar surface area (TPSA) is 43.4 Å². The fourth-order valence-corrected chi connectivity index (χ4v) is 6.54. The van der Waals surface area contributed by atoms with Crippen molar-refractivity contribution in [3.05, 3.63) is 0 Å². The quantitative estimate of drug-likeness (QED) is 0.0447. The van der Waals surface area contributed by atoms with Crippen molar-refractivity contribution in [2.24, 2.45) is 0 Å². The van der Waals surface area contributed by atoms with Crippen molar-refractivity contribution in [2.75, 3.05) is 45.2 Å². The smallest absolute Gasteiger partial charge is 0.267 e. The second-order valence-electron chi connectivity index (χ2n) is 12.2. The summed E-state index contributed by atoms with van der Waals surface area (Å²) in [5, 5.41) is 0. The van der Waals surface area contributed by atoms with Crippen LogP contribution in [0.15, 0.2) is 0 Å². The van der Waals surface area contributed by atoms with Gasteiger partial charge in [0.2, 0.25) is 0 Å². The van der Waals surface area contributed by atoms with Gasteiger partial charge in [-0.2, -0.15) is 8.42 Å². The van der Waals surface area contributed by atoms with Crippen LogP contribution in [-0.2, 0) is 14.3 Å². The summed E-state index contributed by atoms with van der Waals surface area (Å²) >= 11 is 0. The van der Waals surface area contributed by atoms with Crippen LogP contribution in [0.4, 0.5) is 4.39 Å². The van der Waals surface area contributed by atoms with Gasteiger partial charge in [-0.15, -0.1) is 0 Å². The Kier molecular flexibility index (Phi) is 34.2. The molecule has 0 saturated carbocycles. The predicted octanol–water partition coefficient (Wildman–Crippen LogP) is 11.2. The van der Waals surface area contributed by atoms with Crippen LogP contribution >= 0.6 is 0 Å². The maximum absolute atomic E-state index is 12.0. The van der Waals surface area contributed by atoms with Gasteiger partial charge in [0.1, 0.15) is 0 Å². The summed E-state index contributed by atoms with van der Waals surface area (Å²) in [5.74, 6) is 0.155. The molecular formula is C35H75FNO3S+. The molecule has 250 valence electrons. The number of hydrogen-bond donors (Lipinski definition) is 0. The number of hydrogen-bond acceptors (Lipinski definition) is 3. The van der Waals surface area contributed by atoms with Crippen molar-refractivity contribution in [1.29, 1.82) is 0 Å². The normalized spacial score (nSPS) is 12.0. The second-order valence-corrected chi connectivity index (χ2v) is 13.9. The van der Waals surface area contributed by atoms with E-state index in [1.165, 1.54) is 121 Å². The van der Waals surface area contributed by atoms with Crippen molar-refractivity contribution in [2.45, 2.75) is 182 Å². The Morgan fingerprint density at radius 2 is 0.780 bits per heavy atom. The van der Waals surface area contributed by atoms with Gasteiger partial charge in [-0.05, 0) is 47.0 Å². The lowest BCUT2D eigenvalue weighted by atomic mass is 10.0. The largest absolute Gasteiger partial charge is 0.325 e. The number of rotatable bonds is 31. The molecule has 0 aliphatic heterocycles. The number of nitrogens with zero attached hydrogens (tertiary/aromatic N) is 1. The van der Waals surface area contributed by atoms with Crippen molar-refractivity contribution >= 4 is 10.1 Å². The molecule has 41 heavy (non-hydrogen) atoms. The minimum atomic E-state index is -3.34. The zero-order valence-electron chi connectivity index (χ0n) is 28.7. The van der Waals surface area contributed by atoms with Crippen molar-refractivity contribution in [3.63, 3.8) is 0 Å². The molecule has 0 heterocycles. The van der Waals surface area contributed by atoms with E-state index in [9.17, 15) is 12.8 Å². The van der Waals surface area contributed by atoms with E-state index in [1.54, 1.807) is 0 Å². The first-order valence-electron chi connectivity index (χ1n) is 18.1. The molecule has 0 aromatic carbocycles. The third-order valence-corrected chi connectivity index (χ3v) is 10.3. The molecule has 0 aromatic heterocycles. The summed E-state index contributed by atoms with van der Waals surface area (Å²) in [6.45, 7) is 16.6. The second kappa shape index (κ2) is 32.7. The highest BCUT2D eigenvalue weighted by atomic mass is 32.2. The van der Waals surface area contributed by atoms with Crippen molar-refractivity contribution < 1.29 is 21.5 Å². The van der Waals surface area contributed by atoms with E-state index >= 15 is 0 Å². The SMILES string of the molecule is CCCCCCCCCCCCCCCCOS(=O)(=O)CCCCCCCCCCCF.CC[N+](CC)(CC)CC. The molecule has 4 nitrogen and oxygen atoms in total. The highest BCUT2D eigenvalue weighted by Crippen LogP contribution is 2.14. The van der Waals surface area contributed by atoms with E-state index in [0.29, 0.717) is 19.4 Å². The summed E-state index contributed by atoms with van der Waals surface area (Å²) in [6.07, 6.45) is 27.2. The standard InChI is InChI=1S/C27H55FO3S.C8H20N/c1-2-3-4-5-6-7-8-9-10-11-14-17-20-23-26-31-32(29,30)27-24-21-18-15-12-13-16-19-22-25-28;1-5-9(6-2,7-3)8-4/h2-27H2,1H3;5-8H2,1-4H3/q;+1. The molecule has 6 heteroatoms. The van der Waals surface area contributed by atoms with Gasteiger partial charge in [-0.3, -0.25) is 8.57 Å². The van der Waals surface area contributed by atoms with Crippen LogP contribution in [0.2, 0.25) is 0 Å². The van der Waals surface area contributed by atoms with E-state index < -0.39 is 10.1 Å². The third kappa shape index (κ3) is 31.0. The molecule has 0 radical (unpaired) electrons. The van der Waals surface area contributed by atoms with Crippen LogP contribution in [-0.4, -0.2) is 58.1 Å². The number of unbranched alkanes of at least 4 members (excludes halogenated alkanes) is 21. The Labute approximate surface area is 258 Å². The maximum Gasteiger partial charge on any atom is 0.267 e. The predicted molar refractivity (Wildman–Crippen MR) is 180 cm³/mol. The minimum Gasteiger partial charge on any atom is -0.325 e. The van der Waals surface area contributed by atoms with Gasteiger partial charge in [0, 0.05) is 0 Å². The van der Waals surface area contributed by atoms with Gasteiger partial charge in [-0.25, -0.2) is 0 Å². The highest BCUT2D eigenvalue weighted by molar-refractivity contribution is 7.86. The van der Waals surface area contributed by atoms with E-state index in [-0.39, 0.29) is 12.4 Å². The Morgan fingerprint density at radius 1 is 0.463 bits per heavy atom. The van der Waals surface area contributed by atoms with Gasteiger partial charge in [0.25, 0.3) is 10.1 Å². The molecule has 0 aromatic rings. The van der Waals surface area contributed by atoms with Crippen LogP contribution in [0, 0.1) is 0 Å². The summed E-state index contributed by atoms with van der Waals surface area (Å²) in [4.78, 5) is 0. The zero-order valence-corrected chi connectivity index (χ0v) is 29.5. The summed E-state index contributed by atoms with van der Waals surface area (Å²) in [7, 11) is -3.34. The average Bonchev–Trinajstić information content (AvgIpc) is 2.98. The number of quaternary nitrogens is 1. The van der Waals surface area contributed by atoms with E-state index in [4.69, 9.17) is 4.18 Å². The lowest BCUT2D eigenvalue weighted by molar-refractivity contribution is -0.921. The molecule has 0 bridgehead atoms. The van der Waals surface area contributed by atoms with Gasteiger partial charge in [-0.1, -0.05) is 135 Å². The Bertz CT molecular complexity index is 579. The van der Waals surface area contributed by atoms with Crippen LogP contribution < -0.4 is 0 Å². The van der Waals surface area contributed by atoms with Gasteiger partial charge in [0.15, 0.2) is 0 Å². The van der Waals surface area contributed by atoms with Crippen LogP contribution in [0.3, 0.4) is 0 Å². The Hall–Kier alpha value is -0.200. The van der Waals surface area contributed by atoms with Crippen LogP contribution in [0.25, 0.3) is 0 Å². The first-order chi connectivity index (χ1) is 19.9. The maximum atomic E-state index is 12.0. The monoisotopic (exact) mass is 609 g/mol. The first kappa shape index (κ1) is 42.9. The molecule has 0 aliphatic carbocycles. The Morgan fingerprint density at radius 3 is 1.10 bits per heavy atom. The molecule has 0 spiro atoms. The lowest BCUT2D eigenvalue weighted by Gasteiger charge is -2.34. The molecule has 0 N–H and O–H groups in total. The molecule has 0 aliphatic rings. The fraction of sp³-hybridized carbons (Fsp3) is 1.00. The zero-order chi connectivity index (χ0) is 30.9. The lowest BCUT2D eigenvalue weighted by Crippen LogP contribution is -2.47. The summed E-state index contributed by atoms with van der Waals surface area (Å²) < 4.78 is 42.3. The van der Waals surface area contributed by atoms with E-state index in [1.807, 2.05) is 0 Å². The number of alkyl halides is 1. The fourth-order valence-electron chi connectivity index (χ4n) is 5.49. The van der Waals surface area contributed by atoms with Crippen LogP contribution in [0.5, 0.6) is 0 Å². The molecule has 0 atom stereocenters. The average molecular weight is 609 g/mol. The highest BCUT2D eigenvalue weighted by Gasteiger charge is 2.16. The van der Waals surface area contributed by atoms with Gasteiger partial charge >= 0.3 is 0 Å². The van der Waals surface area contributed by atoms with Gasteiger partial charge < -0.3 is 4.48 Å². The van der Waals surface area contributed by atoms with E-state index in [0.717, 1.165) is 44.9 Å². The molecule has 0 saturated heterocycles. The molecule has 0 rings (SSSR count). The molecular weight excluding hydrogens is 533 g/mol. The minimum absolute atomic E-state index is 0.155. The Balaban J connectivity index is 0. The van der Waals surface area contributed by atoms with Crippen molar-refractivity contribution in [1.82, 2.24) is 0 Å². The van der Waals surface area contributed by atoms with Gasteiger partial charge in [0.05, 0.1) is 45.2 Å². The van der Waals surface area contributed by atoms with Crippen molar-refractivity contribution in [3.8, 4) is 0 Å². The third-order valence-electron chi connectivity index (χ3n) is 8.97.